The van der Waals surface area contributed by atoms with E-state index in [1.165, 1.54) is 29.2 Å². The Hall–Kier alpha value is -4.73. The van der Waals surface area contributed by atoms with Crippen molar-refractivity contribution < 1.29 is 13.6 Å². The van der Waals surface area contributed by atoms with Crippen LogP contribution >= 0.6 is 0 Å². The normalized spacial score (nSPS) is 11.2. The summed E-state index contributed by atoms with van der Waals surface area (Å²) in [6, 6.07) is 14.1. The first-order valence-corrected chi connectivity index (χ1v) is 11.1. The lowest BCUT2D eigenvalue weighted by Gasteiger charge is -2.09. The van der Waals surface area contributed by atoms with Crippen LogP contribution in [0.15, 0.2) is 71.9 Å². The molecule has 0 aliphatic carbocycles. The molecule has 3 aromatic heterocycles. The molecule has 0 saturated carbocycles. The van der Waals surface area contributed by atoms with Gasteiger partial charge in [-0.2, -0.15) is 5.10 Å². The second-order valence-electron chi connectivity index (χ2n) is 8.28. The number of nitrogens with two attached hydrogens (primary N) is 1. The van der Waals surface area contributed by atoms with Crippen LogP contribution in [0.2, 0.25) is 0 Å². The van der Waals surface area contributed by atoms with E-state index in [1.807, 2.05) is 24.3 Å². The lowest BCUT2D eigenvalue weighted by Crippen LogP contribution is -2.26. The van der Waals surface area contributed by atoms with Crippen LogP contribution < -0.4 is 11.3 Å². The van der Waals surface area contributed by atoms with Crippen molar-refractivity contribution in [3.8, 4) is 11.3 Å². The van der Waals surface area contributed by atoms with Gasteiger partial charge >= 0.3 is 0 Å². The highest BCUT2D eigenvalue weighted by molar-refractivity contribution is 5.98. The third-order valence-corrected chi connectivity index (χ3v) is 5.89. The van der Waals surface area contributed by atoms with E-state index < -0.39 is 17.2 Å². The molecule has 0 saturated heterocycles. The quantitative estimate of drug-likeness (QED) is 0.337. The summed E-state index contributed by atoms with van der Waals surface area (Å²) in [5.41, 5.74) is 8.82. The first kappa shape index (κ1) is 23.0. The van der Waals surface area contributed by atoms with E-state index in [-0.39, 0.29) is 24.3 Å². The molecule has 3 heterocycles. The number of hydrogen-bond acceptors (Lipinski definition) is 6. The van der Waals surface area contributed by atoms with Crippen molar-refractivity contribution >= 4 is 22.6 Å². The number of fused-ring (bicyclic) bond motifs is 1. The van der Waals surface area contributed by atoms with E-state index in [0.29, 0.717) is 34.5 Å². The minimum absolute atomic E-state index is 0.0180. The number of carbonyl (C=O) groups excluding carboxylic acids is 1. The number of nitrogens with zero attached hydrogens (tertiary/aromatic N) is 4. The van der Waals surface area contributed by atoms with Crippen molar-refractivity contribution in [3.05, 3.63) is 106 Å². The van der Waals surface area contributed by atoms with Gasteiger partial charge < -0.3 is 10.3 Å². The summed E-state index contributed by atoms with van der Waals surface area (Å²) >= 11 is 0. The number of nitrogens with one attached hydrogen (secondary N) is 1. The van der Waals surface area contributed by atoms with E-state index in [0.717, 1.165) is 23.3 Å². The Kier molecular flexibility index (Phi) is 6.07. The van der Waals surface area contributed by atoms with Gasteiger partial charge in [0.25, 0.3) is 5.56 Å². The van der Waals surface area contributed by atoms with Crippen molar-refractivity contribution in [3.63, 3.8) is 0 Å². The predicted octanol–water partition coefficient (Wildman–Crippen LogP) is 3.91. The number of pyridine rings is 1. The third kappa shape index (κ3) is 4.48. The molecule has 0 aliphatic heterocycles. The molecule has 0 radical (unpaired) electrons. The SMILES string of the molecule is Nc1ncnc2n[nH]c(-c3cccc(CCC(=O)c4cccn(Cc5ccc(F)c(F)c5)c4=O)c3)c12. The van der Waals surface area contributed by atoms with Gasteiger partial charge in [0.2, 0.25) is 0 Å². The van der Waals surface area contributed by atoms with Crippen LogP contribution in [-0.4, -0.2) is 30.5 Å². The summed E-state index contributed by atoms with van der Waals surface area (Å²) in [5, 5.41) is 7.73. The number of nitrogen functional groups attached to an aromatic ring is 1. The summed E-state index contributed by atoms with van der Waals surface area (Å²) in [4.78, 5) is 33.9. The van der Waals surface area contributed by atoms with Gasteiger partial charge in [0.05, 0.1) is 23.2 Å². The molecule has 36 heavy (non-hydrogen) atoms. The highest BCUT2D eigenvalue weighted by atomic mass is 19.2. The fourth-order valence-electron chi connectivity index (χ4n) is 4.07. The van der Waals surface area contributed by atoms with Crippen LogP contribution in [0.1, 0.15) is 27.9 Å². The lowest BCUT2D eigenvalue weighted by atomic mass is 10.0. The molecule has 3 N–H and O–H groups in total. The number of rotatable bonds is 7. The third-order valence-electron chi connectivity index (χ3n) is 5.89. The minimum Gasteiger partial charge on any atom is -0.383 e. The summed E-state index contributed by atoms with van der Waals surface area (Å²) in [5.74, 6) is -1.95. The Morgan fingerprint density at radius 2 is 1.86 bits per heavy atom. The molecular weight excluding hydrogens is 466 g/mol. The largest absolute Gasteiger partial charge is 0.383 e. The number of Topliss-reactive ketones (excluding diaryl/α,β-unsaturated/α-hetero) is 1. The maximum absolute atomic E-state index is 13.5. The van der Waals surface area contributed by atoms with Crippen molar-refractivity contribution in [2.24, 2.45) is 0 Å². The van der Waals surface area contributed by atoms with Gasteiger partial charge in [-0.25, -0.2) is 18.7 Å². The van der Waals surface area contributed by atoms with Crippen LogP contribution in [0, 0.1) is 11.6 Å². The van der Waals surface area contributed by atoms with E-state index in [2.05, 4.69) is 20.2 Å². The van der Waals surface area contributed by atoms with E-state index >= 15 is 0 Å². The Bertz CT molecular complexity index is 1660. The zero-order valence-electron chi connectivity index (χ0n) is 18.9. The average molecular weight is 486 g/mol. The second kappa shape index (κ2) is 9.49. The topological polar surface area (TPSA) is 120 Å². The van der Waals surface area contributed by atoms with E-state index in [4.69, 9.17) is 5.73 Å². The zero-order chi connectivity index (χ0) is 25.2. The van der Waals surface area contributed by atoms with Crippen LogP contribution in [-0.2, 0) is 13.0 Å². The number of ketones is 1. The van der Waals surface area contributed by atoms with Gasteiger partial charge in [-0.05, 0) is 47.9 Å². The molecule has 0 aliphatic rings. The lowest BCUT2D eigenvalue weighted by molar-refractivity contribution is 0.0981. The Morgan fingerprint density at radius 1 is 1.00 bits per heavy atom. The number of hydrogen-bond donors (Lipinski definition) is 2. The number of benzene rings is 2. The maximum Gasteiger partial charge on any atom is 0.261 e. The summed E-state index contributed by atoms with van der Waals surface area (Å²) in [7, 11) is 0. The number of carbonyl (C=O) groups is 1. The molecule has 2 aromatic carbocycles. The van der Waals surface area contributed by atoms with Crippen molar-refractivity contribution in [2.75, 3.05) is 5.73 Å². The zero-order valence-corrected chi connectivity index (χ0v) is 18.9. The summed E-state index contributed by atoms with van der Waals surface area (Å²) < 4.78 is 28.0. The van der Waals surface area contributed by atoms with Crippen molar-refractivity contribution in [1.29, 1.82) is 0 Å². The second-order valence-corrected chi connectivity index (χ2v) is 8.28. The molecular formula is C26H20F2N6O2. The fourth-order valence-corrected chi connectivity index (χ4v) is 4.07. The Morgan fingerprint density at radius 3 is 2.69 bits per heavy atom. The first-order chi connectivity index (χ1) is 17.4. The van der Waals surface area contributed by atoms with Crippen LogP contribution in [0.3, 0.4) is 0 Å². The van der Waals surface area contributed by atoms with Crippen molar-refractivity contribution in [1.82, 2.24) is 24.7 Å². The number of anilines is 1. The molecule has 10 heteroatoms. The van der Waals surface area contributed by atoms with Crippen LogP contribution in [0.5, 0.6) is 0 Å². The van der Waals surface area contributed by atoms with Gasteiger partial charge in [-0.3, -0.25) is 14.7 Å². The molecule has 0 spiro atoms. The van der Waals surface area contributed by atoms with Gasteiger partial charge in [-0.1, -0.05) is 24.3 Å². The van der Waals surface area contributed by atoms with Gasteiger partial charge in [-0.15, -0.1) is 0 Å². The Balaban J connectivity index is 1.33. The molecule has 8 nitrogen and oxygen atoms in total. The molecule has 5 rings (SSSR count). The molecule has 0 unspecified atom stereocenters. The highest BCUT2D eigenvalue weighted by Gasteiger charge is 2.15. The number of aromatic nitrogens is 5. The highest BCUT2D eigenvalue weighted by Crippen LogP contribution is 2.29. The van der Waals surface area contributed by atoms with Gasteiger partial charge in [0.1, 0.15) is 12.1 Å². The molecule has 0 amide bonds. The predicted molar refractivity (Wildman–Crippen MR) is 130 cm³/mol. The van der Waals surface area contributed by atoms with Gasteiger partial charge in [0, 0.05) is 18.2 Å². The van der Waals surface area contributed by atoms with E-state index in [9.17, 15) is 18.4 Å². The minimum atomic E-state index is -0.992. The maximum atomic E-state index is 13.5. The molecule has 180 valence electrons. The standard InChI is InChI=1S/C26H20F2N6O2/c27-19-8-6-16(12-20(19)28)13-34-10-2-5-18(26(34)36)21(35)9-7-15-3-1-4-17(11-15)23-22-24(29)30-14-31-25(22)33-32-23/h1-6,8,10-12,14H,7,9,13H2,(H3,29,30,31,32,33). The van der Waals surface area contributed by atoms with Crippen LogP contribution in [0.25, 0.3) is 22.3 Å². The molecule has 0 fully saturated rings. The van der Waals surface area contributed by atoms with Crippen LogP contribution in [0.4, 0.5) is 14.6 Å². The average Bonchev–Trinajstić information content (AvgIpc) is 3.32. The van der Waals surface area contributed by atoms with Crippen molar-refractivity contribution in [2.45, 2.75) is 19.4 Å². The molecule has 0 atom stereocenters. The fraction of sp³-hybridized carbons (Fsp3) is 0.115. The molecule has 0 bridgehead atoms. The Labute approximate surface area is 203 Å². The molecule has 5 aromatic rings. The summed E-state index contributed by atoms with van der Waals surface area (Å²) in [6.07, 6.45) is 3.37. The first-order valence-electron chi connectivity index (χ1n) is 11.1. The number of halogens is 2. The van der Waals surface area contributed by atoms with Gasteiger partial charge in [0.15, 0.2) is 23.1 Å². The number of H-pyrrole nitrogens is 1. The number of aromatic amines is 1. The summed E-state index contributed by atoms with van der Waals surface area (Å²) in [6.45, 7) is 0.0180. The number of aryl methyl sites for hydroxylation is 1. The monoisotopic (exact) mass is 486 g/mol. The van der Waals surface area contributed by atoms with E-state index in [1.54, 1.807) is 6.07 Å². The smallest absolute Gasteiger partial charge is 0.261 e.